The molecular formula is C17H26N4O3S. The number of carbonyl (C=O) groups is 1. The van der Waals surface area contributed by atoms with Gasteiger partial charge in [0.1, 0.15) is 11.9 Å². The molecule has 7 nitrogen and oxygen atoms in total. The average molecular weight is 366 g/mol. The average Bonchev–Trinajstić information content (AvgIpc) is 3.11. The molecule has 1 aromatic heterocycles. The van der Waals surface area contributed by atoms with Crippen LogP contribution in [0.15, 0.2) is 18.3 Å². The van der Waals surface area contributed by atoms with Crippen molar-refractivity contribution in [3.8, 4) is 0 Å². The molecule has 0 bridgehead atoms. The number of sulfonamides is 1. The van der Waals surface area contributed by atoms with E-state index >= 15 is 0 Å². The number of nitrogens with zero attached hydrogens (tertiary/aromatic N) is 3. The van der Waals surface area contributed by atoms with Gasteiger partial charge in [0.05, 0.1) is 6.26 Å². The maximum absolute atomic E-state index is 12.5. The fourth-order valence-electron chi connectivity index (χ4n) is 3.66. The molecule has 1 atom stereocenters. The van der Waals surface area contributed by atoms with E-state index < -0.39 is 16.1 Å². The van der Waals surface area contributed by atoms with E-state index in [-0.39, 0.29) is 5.91 Å². The number of amides is 1. The van der Waals surface area contributed by atoms with Gasteiger partial charge in [0.25, 0.3) is 0 Å². The first-order valence-corrected chi connectivity index (χ1v) is 10.7. The molecule has 3 heterocycles. The van der Waals surface area contributed by atoms with Gasteiger partial charge in [-0.1, -0.05) is 6.07 Å². The Morgan fingerprint density at radius 2 is 2.00 bits per heavy atom. The third-order valence-electron chi connectivity index (χ3n) is 4.91. The number of anilines is 1. The lowest BCUT2D eigenvalue weighted by Gasteiger charge is -2.29. The topological polar surface area (TPSA) is 82.6 Å². The fraction of sp³-hybridized carbons (Fsp3) is 0.647. The van der Waals surface area contributed by atoms with Crippen LogP contribution in [-0.2, 0) is 21.4 Å². The van der Waals surface area contributed by atoms with E-state index in [0.717, 1.165) is 50.0 Å². The number of piperidine rings is 1. The molecule has 8 heteroatoms. The van der Waals surface area contributed by atoms with E-state index in [9.17, 15) is 13.2 Å². The summed E-state index contributed by atoms with van der Waals surface area (Å²) >= 11 is 0. The van der Waals surface area contributed by atoms with Gasteiger partial charge in [0, 0.05) is 37.9 Å². The van der Waals surface area contributed by atoms with E-state index in [4.69, 9.17) is 0 Å². The zero-order valence-electron chi connectivity index (χ0n) is 14.6. The molecule has 0 spiro atoms. The molecule has 0 aromatic carbocycles. The van der Waals surface area contributed by atoms with Crippen LogP contribution in [0.5, 0.6) is 0 Å². The number of rotatable bonds is 5. The van der Waals surface area contributed by atoms with Crippen molar-refractivity contribution in [2.75, 3.05) is 30.8 Å². The minimum absolute atomic E-state index is 0.226. The van der Waals surface area contributed by atoms with Gasteiger partial charge in [-0.05, 0) is 38.2 Å². The number of nitrogens with one attached hydrogen (secondary N) is 1. The van der Waals surface area contributed by atoms with Crippen LogP contribution in [0.2, 0.25) is 0 Å². The molecular weight excluding hydrogens is 340 g/mol. The lowest BCUT2D eigenvalue weighted by atomic mass is 10.1. The first-order valence-electron chi connectivity index (χ1n) is 8.90. The summed E-state index contributed by atoms with van der Waals surface area (Å²) in [6.07, 6.45) is 7.80. The Hall–Kier alpha value is -1.67. The van der Waals surface area contributed by atoms with Crippen molar-refractivity contribution < 1.29 is 13.2 Å². The fourth-order valence-corrected chi connectivity index (χ4v) is 4.78. The Morgan fingerprint density at radius 3 is 2.72 bits per heavy atom. The van der Waals surface area contributed by atoms with Gasteiger partial charge < -0.3 is 10.2 Å². The molecule has 1 aromatic rings. The first-order chi connectivity index (χ1) is 12.0. The van der Waals surface area contributed by atoms with Gasteiger partial charge in [0.15, 0.2) is 0 Å². The predicted octanol–water partition coefficient (Wildman–Crippen LogP) is 1.11. The second-order valence-electron chi connectivity index (χ2n) is 6.78. The Balaban J connectivity index is 1.66. The van der Waals surface area contributed by atoms with E-state index in [1.165, 1.54) is 10.7 Å². The Morgan fingerprint density at radius 1 is 1.24 bits per heavy atom. The molecule has 2 saturated heterocycles. The highest BCUT2D eigenvalue weighted by Gasteiger charge is 2.36. The molecule has 25 heavy (non-hydrogen) atoms. The quantitative estimate of drug-likeness (QED) is 0.844. The van der Waals surface area contributed by atoms with Crippen LogP contribution in [-0.4, -0.2) is 55.5 Å². The minimum Gasteiger partial charge on any atom is -0.356 e. The Kier molecular flexibility index (Phi) is 5.58. The molecule has 1 N–H and O–H groups in total. The first kappa shape index (κ1) is 18.1. The van der Waals surface area contributed by atoms with Gasteiger partial charge in [-0.25, -0.2) is 13.4 Å². The number of hydrogen-bond donors (Lipinski definition) is 1. The van der Waals surface area contributed by atoms with E-state index in [2.05, 4.69) is 15.2 Å². The summed E-state index contributed by atoms with van der Waals surface area (Å²) in [4.78, 5) is 19.3. The van der Waals surface area contributed by atoms with Crippen LogP contribution in [0.4, 0.5) is 5.82 Å². The summed E-state index contributed by atoms with van der Waals surface area (Å²) < 4.78 is 24.9. The van der Waals surface area contributed by atoms with Crippen LogP contribution in [0.3, 0.4) is 0 Å². The maximum Gasteiger partial charge on any atom is 0.238 e. The zero-order valence-corrected chi connectivity index (χ0v) is 15.5. The van der Waals surface area contributed by atoms with Crippen molar-refractivity contribution in [2.45, 2.75) is 44.7 Å². The van der Waals surface area contributed by atoms with Crippen molar-refractivity contribution in [2.24, 2.45) is 0 Å². The molecule has 1 unspecified atom stereocenters. The molecule has 0 radical (unpaired) electrons. The van der Waals surface area contributed by atoms with Crippen molar-refractivity contribution in [1.82, 2.24) is 14.6 Å². The van der Waals surface area contributed by atoms with Crippen LogP contribution < -0.4 is 10.2 Å². The lowest BCUT2D eigenvalue weighted by Crippen LogP contribution is -2.45. The number of hydrogen-bond acceptors (Lipinski definition) is 5. The molecule has 0 saturated carbocycles. The lowest BCUT2D eigenvalue weighted by molar-refractivity contribution is -0.124. The summed E-state index contributed by atoms with van der Waals surface area (Å²) in [5.74, 6) is 0.699. The molecule has 138 valence electrons. The van der Waals surface area contributed by atoms with Crippen LogP contribution in [0.1, 0.15) is 37.7 Å². The summed E-state index contributed by atoms with van der Waals surface area (Å²) in [6, 6.07) is 3.25. The van der Waals surface area contributed by atoms with E-state index in [0.29, 0.717) is 19.5 Å². The van der Waals surface area contributed by atoms with E-state index in [1.807, 2.05) is 12.1 Å². The number of aromatic nitrogens is 1. The summed E-state index contributed by atoms with van der Waals surface area (Å²) in [6.45, 7) is 2.76. The SMILES string of the molecule is CS(=O)(=O)N1CCCC1C(=O)NCc1cccnc1N1CCCCC1. The van der Waals surface area contributed by atoms with Crippen molar-refractivity contribution >= 4 is 21.7 Å². The van der Waals surface area contributed by atoms with Crippen molar-refractivity contribution in [3.63, 3.8) is 0 Å². The highest BCUT2D eigenvalue weighted by molar-refractivity contribution is 7.88. The number of pyridine rings is 1. The molecule has 0 aliphatic carbocycles. The largest absolute Gasteiger partial charge is 0.356 e. The normalized spacial score (nSPS) is 22.1. The minimum atomic E-state index is -3.35. The summed E-state index contributed by atoms with van der Waals surface area (Å²) in [5, 5.41) is 2.91. The zero-order chi connectivity index (χ0) is 17.9. The van der Waals surface area contributed by atoms with Gasteiger partial charge in [-0.2, -0.15) is 4.31 Å². The second kappa shape index (κ2) is 7.70. The monoisotopic (exact) mass is 366 g/mol. The highest BCUT2D eigenvalue weighted by atomic mass is 32.2. The highest BCUT2D eigenvalue weighted by Crippen LogP contribution is 2.23. The van der Waals surface area contributed by atoms with Gasteiger partial charge in [0.2, 0.25) is 15.9 Å². The van der Waals surface area contributed by atoms with E-state index in [1.54, 1.807) is 6.20 Å². The van der Waals surface area contributed by atoms with Crippen molar-refractivity contribution in [3.05, 3.63) is 23.9 Å². The Bertz CT molecular complexity index is 716. The van der Waals surface area contributed by atoms with Crippen molar-refractivity contribution in [1.29, 1.82) is 0 Å². The predicted molar refractivity (Wildman–Crippen MR) is 96.7 cm³/mol. The third kappa shape index (κ3) is 4.30. The van der Waals surface area contributed by atoms with Crippen LogP contribution in [0, 0.1) is 0 Å². The molecule has 2 aliphatic heterocycles. The second-order valence-corrected chi connectivity index (χ2v) is 8.72. The molecule has 2 aliphatic rings. The van der Waals surface area contributed by atoms with Gasteiger partial charge in [-0.15, -0.1) is 0 Å². The van der Waals surface area contributed by atoms with Gasteiger partial charge >= 0.3 is 0 Å². The summed E-state index contributed by atoms with van der Waals surface area (Å²) in [5.41, 5.74) is 0.974. The maximum atomic E-state index is 12.5. The molecule has 3 rings (SSSR count). The standard InChI is InChI=1S/C17H26N4O3S/c1-25(23,24)21-12-6-8-15(21)17(22)19-13-14-7-5-9-18-16(14)20-10-3-2-4-11-20/h5,7,9,15H,2-4,6,8,10-13H2,1H3,(H,19,22). The molecule has 1 amide bonds. The molecule has 2 fully saturated rings. The smallest absolute Gasteiger partial charge is 0.238 e. The summed E-state index contributed by atoms with van der Waals surface area (Å²) in [7, 11) is -3.35. The Labute approximate surface area is 149 Å². The van der Waals surface area contributed by atoms with Crippen LogP contribution in [0.25, 0.3) is 0 Å². The van der Waals surface area contributed by atoms with Gasteiger partial charge in [-0.3, -0.25) is 4.79 Å². The van der Waals surface area contributed by atoms with Crippen LogP contribution >= 0.6 is 0 Å². The number of carbonyl (C=O) groups excluding carboxylic acids is 1. The third-order valence-corrected chi connectivity index (χ3v) is 6.20.